The van der Waals surface area contributed by atoms with Crippen LogP contribution in [0.2, 0.25) is 0 Å². The molecular weight excluding hydrogens is 536 g/mol. The summed E-state index contributed by atoms with van der Waals surface area (Å²) in [5, 5.41) is 6.82. The summed E-state index contributed by atoms with van der Waals surface area (Å²) in [7, 11) is 0. The lowest BCUT2D eigenvalue weighted by molar-refractivity contribution is 0.451. The molecule has 0 saturated heterocycles. The van der Waals surface area contributed by atoms with Gasteiger partial charge in [0.25, 0.3) is 0 Å². The molecule has 1 aliphatic rings. The molecule has 0 N–H and O–H groups in total. The van der Waals surface area contributed by atoms with E-state index in [1.807, 2.05) is 19.1 Å². The third-order valence-corrected chi connectivity index (χ3v) is 8.43. The number of para-hydroxylation sites is 1. The van der Waals surface area contributed by atoms with Gasteiger partial charge in [0.15, 0.2) is 0 Å². The number of allylic oxidation sites excluding steroid dienone is 8. The second-order valence-corrected chi connectivity index (χ2v) is 11.3. The van der Waals surface area contributed by atoms with E-state index in [2.05, 4.69) is 141 Å². The summed E-state index contributed by atoms with van der Waals surface area (Å²) in [4.78, 5) is 0. The van der Waals surface area contributed by atoms with Crippen molar-refractivity contribution in [3.05, 3.63) is 162 Å². The molecule has 214 valence electrons. The van der Waals surface area contributed by atoms with Crippen LogP contribution in [0.3, 0.4) is 0 Å². The zero-order valence-electron chi connectivity index (χ0n) is 25.3. The normalized spacial score (nSPS) is 14.6. The van der Waals surface area contributed by atoms with Gasteiger partial charge in [0.1, 0.15) is 22.7 Å². The van der Waals surface area contributed by atoms with Crippen LogP contribution < -0.4 is 4.74 Å². The van der Waals surface area contributed by atoms with Crippen molar-refractivity contribution in [3.63, 3.8) is 0 Å². The van der Waals surface area contributed by atoms with Crippen LogP contribution in [0.15, 0.2) is 150 Å². The van der Waals surface area contributed by atoms with Crippen molar-refractivity contribution in [2.24, 2.45) is 0 Å². The van der Waals surface area contributed by atoms with Gasteiger partial charge in [-0.1, -0.05) is 121 Å². The van der Waals surface area contributed by atoms with Gasteiger partial charge in [-0.3, -0.25) is 0 Å². The van der Waals surface area contributed by atoms with Crippen LogP contribution in [0.5, 0.6) is 5.75 Å². The number of ether oxygens (including phenoxy) is 1. The lowest BCUT2D eigenvalue weighted by atomic mass is 9.96. The highest BCUT2D eigenvalue weighted by Crippen LogP contribution is 2.43. The van der Waals surface area contributed by atoms with Gasteiger partial charge in [0.05, 0.1) is 5.39 Å². The highest BCUT2D eigenvalue weighted by Gasteiger charge is 2.23. The third kappa shape index (κ3) is 4.99. The minimum Gasteiger partial charge on any atom is -0.460 e. The standard InChI is InChI=1S/C42H34O2/c1-4-5-14-28(2)33-15-8-6-7-9-16-34(36-18-11-10-17-35(33)36)29(3)21-25-32-27-31-23-22-30-24-26-38-37-19-12-13-20-39(37)44-42(38)40(30)41(31)43-32/h4-26H,27H2,1-3H3/b5-4-,7-6?,8-6?,9-7?,15-8?,16-9?,28-14+,29-21+,32-25+,33-15?,34-16?,35-33?,36-34?. The van der Waals surface area contributed by atoms with Gasteiger partial charge in [-0.15, -0.1) is 0 Å². The quantitative estimate of drug-likeness (QED) is 0.197. The Morgan fingerprint density at radius 2 is 1.27 bits per heavy atom. The number of hydrogen-bond acceptors (Lipinski definition) is 2. The maximum absolute atomic E-state index is 6.59. The van der Waals surface area contributed by atoms with E-state index in [0.717, 1.165) is 56.2 Å². The average molecular weight is 571 g/mol. The highest BCUT2D eigenvalue weighted by atomic mass is 16.5. The Labute approximate surface area is 258 Å². The fraction of sp³-hybridized carbons (Fsp3) is 0.0952. The van der Waals surface area contributed by atoms with Crippen molar-refractivity contribution in [2.75, 3.05) is 0 Å². The Kier molecular flexibility index (Phi) is 7.33. The molecule has 44 heavy (non-hydrogen) atoms. The van der Waals surface area contributed by atoms with Gasteiger partial charge in [-0.25, -0.2) is 0 Å². The first kappa shape index (κ1) is 27.5. The van der Waals surface area contributed by atoms with Crippen LogP contribution in [0.25, 0.3) is 54.6 Å². The molecule has 0 amide bonds. The molecule has 1 aromatic heterocycles. The topological polar surface area (TPSA) is 22.4 Å². The fourth-order valence-corrected chi connectivity index (χ4v) is 6.20. The second kappa shape index (κ2) is 11.7. The molecule has 1 aliphatic heterocycles. The van der Waals surface area contributed by atoms with Crippen LogP contribution in [-0.4, -0.2) is 0 Å². The van der Waals surface area contributed by atoms with E-state index in [1.165, 1.54) is 33.0 Å². The van der Waals surface area contributed by atoms with Gasteiger partial charge in [0, 0.05) is 22.8 Å². The van der Waals surface area contributed by atoms with Crippen LogP contribution >= 0.6 is 0 Å². The minimum atomic E-state index is 0.744. The molecule has 0 fully saturated rings. The van der Waals surface area contributed by atoms with Gasteiger partial charge in [-0.2, -0.15) is 0 Å². The largest absolute Gasteiger partial charge is 0.460 e. The molecule has 6 aromatic rings. The maximum atomic E-state index is 6.59. The Morgan fingerprint density at radius 1 is 0.636 bits per heavy atom. The number of rotatable bonds is 4. The fourth-order valence-electron chi connectivity index (χ4n) is 6.20. The molecule has 0 saturated carbocycles. The number of hydrogen-bond donors (Lipinski definition) is 0. The Balaban J connectivity index is 1.32. The van der Waals surface area contributed by atoms with Crippen molar-refractivity contribution in [3.8, 4) is 5.75 Å². The summed E-state index contributed by atoms with van der Waals surface area (Å²) in [5.74, 6) is 1.83. The predicted molar refractivity (Wildman–Crippen MR) is 187 cm³/mol. The summed E-state index contributed by atoms with van der Waals surface area (Å²) in [6, 6.07) is 38.4. The van der Waals surface area contributed by atoms with Crippen molar-refractivity contribution in [1.82, 2.24) is 0 Å². The van der Waals surface area contributed by atoms with Crippen molar-refractivity contribution in [2.45, 2.75) is 27.2 Å². The maximum Gasteiger partial charge on any atom is 0.147 e. The average Bonchev–Trinajstić information content (AvgIpc) is 3.65. The summed E-state index contributed by atoms with van der Waals surface area (Å²) < 4.78 is 13.0. The Hall–Kier alpha value is -5.34. The van der Waals surface area contributed by atoms with Crippen molar-refractivity contribution < 1.29 is 9.15 Å². The highest BCUT2D eigenvalue weighted by molar-refractivity contribution is 6.17. The van der Waals surface area contributed by atoms with Gasteiger partial charge < -0.3 is 9.15 Å². The first-order chi connectivity index (χ1) is 21.6. The van der Waals surface area contributed by atoms with Gasteiger partial charge in [-0.05, 0) is 77.4 Å². The van der Waals surface area contributed by atoms with Crippen LogP contribution in [-0.2, 0) is 6.42 Å². The van der Waals surface area contributed by atoms with E-state index in [0.29, 0.717) is 0 Å². The smallest absolute Gasteiger partial charge is 0.147 e. The molecule has 0 unspecified atom stereocenters. The molecule has 5 aromatic carbocycles. The van der Waals surface area contributed by atoms with Crippen LogP contribution in [0.4, 0.5) is 0 Å². The summed E-state index contributed by atoms with van der Waals surface area (Å²) in [6.45, 7) is 6.39. The third-order valence-electron chi connectivity index (χ3n) is 8.43. The molecule has 2 heterocycles. The van der Waals surface area contributed by atoms with E-state index in [4.69, 9.17) is 9.15 Å². The van der Waals surface area contributed by atoms with E-state index < -0.39 is 0 Å². The van der Waals surface area contributed by atoms with E-state index in [1.54, 1.807) is 0 Å². The molecule has 0 bridgehead atoms. The second-order valence-electron chi connectivity index (χ2n) is 11.3. The summed E-state index contributed by atoms with van der Waals surface area (Å²) >= 11 is 0. The lowest BCUT2D eigenvalue weighted by Crippen LogP contribution is -1.88. The predicted octanol–water partition coefficient (Wildman–Crippen LogP) is 11.9. The molecule has 0 atom stereocenters. The van der Waals surface area contributed by atoms with Gasteiger partial charge >= 0.3 is 0 Å². The molecule has 2 heteroatoms. The molecule has 0 spiro atoms. The Bertz CT molecular complexity index is 2250. The summed E-state index contributed by atoms with van der Waals surface area (Å²) in [6.07, 6.45) is 11.4. The number of furan rings is 1. The molecule has 0 aliphatic carbocycles. The molecule has 2 nitrogen and oxygen atoms in total. The van der Waals surface area contributed by atoms with E-state index >= 15 is 0 Å². The van der Waals surface area contributed by atoms with Crippen LogP contribution in [0, 0.1) is 0 Å². The lowest BCUT2D eigenvalue weighted by Gasteiger charge is -2.09. The first-order valence-electron chi connectivity index (χ1n) is 15.2. The van der Waals surface area contributed by atoms with E-state index in [9.17, 15) is 0 Å². The molecule has 7 rings (SSSR count). The number of benzene rings is 4. The van der Waals surface area contributed by atoms with Crippen molar-refractivity contribution >= 4 is 54.6 Å². The van der Waals surface area contributed by atoms with Crippen molar-refractivity contribution in [1.29, 1.82) is 0 Å². The molecular formula is C42H34O2. The Morgan fingerprint density at radius 3 is 2.00 bits per heavy atom. The van der Waals surface area contributed by atoms with Crippen LogP contribution in [0.1, 0.15) is 37.5 Å². The monoisotopic (exact) mass is 570 g/mol. The first-order valence-corrected chi connectivity index (χ1v) is 15.2. The minimum absolute atomic E-state index is 0.744. The van der Waals surface area contributed by atoms with Gasteiger partial charge in [0.2, 0.25) is 0 Å². The summed E-state index contributed by atoms with van der Waals surface area (Å²) in [5.41, 5.74) is 7.74. The number of fused-ring (bicyclic) bond motifs is 8. The zero-order chi connectivity index (χ0) is 30.0. The van der Waals surface area contributed by atoms with E-state index in [-0.39, 0.29) is 0 Å². The SMILES string of the molecule is C/C=C\C=C(/C)c1ccccccc(/C(C)=C/C=C2\Cc3ccc4ccc5c6ccccc6oc5c4c3O2)c2ccccc12. The zero-order valence-corrected chi connectivity index (χ0v) is 25.3. The molecule has 0 radical (unpaired) electrons.